The molecule has 2 aromatic carbocycles. The number of carbonyl (C=O) groups is 1. The maximum absolute atomic E-state index is 13.4. The lowest BCUT2D eigenvalue weighted by molar-refractivity contribution is -0.166. The molecule has 2 aromatic rings. The number of halogens is 3. The zero-order valence-electron chi connectivity index (χ0n) is 8.45. The van der Waals surface area contributed by atoms with Crippen LogP contribution in [0.3, 0.4) is 0 Å². The van der Waals surface area contributed by atoms with Crippen molar-refractivity contribution in [3.8, 4) is 0 Å². The van der Waals surface area contributed by atoms with E-state index in [1.165, 1.54) is 24.3 Å². The van der Waals surface area contributed by atoms with E-state index in [1.54, 1.807) is 0 Å². The Bertz CT molecular complexity index is 593. The molecule has 88 valence electrons. The van der Waals surface area contributed by atoms with Gasteiger partial charge in [0.2, 0.25) is 0 Å². The number of hydrogen-bond acceptors (Lipinski definition) is 1. The van der Waals surface area contributed by atoms with Crippen molar-refractivity contribution in [2.45, 2.75) is 5.92 Å². The van der Waals surface area contributed by atoms with Gasteiger partial charge in [0.05, 0.1) is 0 Å². The van der Waals surface area contributed by atoms with E-state index < -0.39 is 23.3 Å². The van der Waals surface area contributed by atoms with Crippen molar-refractivity contribution in [1.29, 1.82) is 0 Å². The lowest BCUT2D eigenvalue weighted by Gasteiger charge is -2.14. The zero-order valence-corrected chi connectivity index (χ0v) is 8.45. The molecule has 2 nitrogen and oxygen atoms in total. The molecule has 0 heterocycles. The molecule has 0 fully saturated rings. The highest BCUT2D eigenvalue weighted by atomic mass is 19.3. The third kappa shape index (κ3) is 1.73. The maximum atomic E-state index is 13.4. The lowest BCUT2D eigenvalue weighted by atomic mass is 9.99. The largest absolute Gasteiger partial charge is 0.477 e. The molecule has 0 saturated carbocycles. The Kier molecular flexibility index (Phi) is 2.53. The first kappa shape index (κ1) is 11.4. The third-order valence-electron chi connectivity index (χ3n) is 2.48. The number of fused-ring (bicyclic) bond motifs is 1. The van der Waals surface area contributed by atoms with E-state index in [9.17, 15) is 18.0 Å². The van der Waals surface area contributed by atoms with Crippen molar-refractivity contribution < 1.29 is 23.1 Å². The Balaban J connectivity index is 2.80. The second-order valence-corrected chi connectivity index (χ2v) is 3.52. The second-order valence-electron chi connectivity index (χ2n) is 3.52. The number of hydrogen-bond donors (Lipinski definition) is 1. The van der Waals surface area contributed by atoms with Crippen LogP contribution < -0.4 is 0 Å². The molecule has 0 aliphatic carbocycles. The highest BCUT2D eigenvalue weighted by molar-refractivity contribution is 5.91. The Morgan fingerprint density at radius 3 is 2.24 bits per heavy atom. The minimum absolute atomic E-state index is 0.0223. The maximum Gasteiger partial charge on any atom is 0.379 e. The van der Waals surface area contributed by atoms with E-state index in [1.807, 2.05) is 0 Å². The molecule has 0 atom stereocenters. The molecule has 5 heteroatoms. The minimum Gasteiger partial charge on any atom is -0.477 e. The first-order chi connectivity index (χ1) is 7.94. The van der Waals surface area contributed by atoms with E-state index in [4.69, 9.17) is 5.11 Å². The van der Waals surface area contributed by atoms with E-state index >= 15 is 0 Å². The fourth-order valence-corrected chi connectivity index (χ4v) is 1.65. The summed E-state index contributed by atoms with van der Waals surface area (Å²) in [5, 5.41) is 8.36. The Morgan fingerprint density at radius 2 is 1.65 bits per heavy atom. The molecule has 0 bridgehead atoms. The zero-order chi connectivity index (χ0) is 12.6. The monoisotopic (exact) mass is 240 g/mol. The summed E-state index contributed by atoms with van der Waals surface area (Å²) < 4.78 is 40.2. The van der Waals surface area contributed by atoms with Crippen LogP contribution >= 0.6 is 0 Å². The molecular formula is C12H7F3O2. The van der Waals surface area contributed by atoms with Crippen LogP contribution in [0.15, 0.2) is 36.4 Å². The van der Waals surface area contributed by atoms with Gasteiger partial charge in [-0.25, -0.2) is 9.18 Å². The Hall–Kier alpha value is -2.04. The molecule has 0 aliphatic rings. The summed E-state index contributed by atoms with van der Waals surface area (Å²) in [6.07, 6.45) is 0. The molecule has 0 saturated heterocycles. The first-order valence-corrected chi connectivity index (χ1v) is 4.73. The van der Waals surface area contributed by atoms with Gasteiger partial charge in [-0.1, -0.05) is 24.3 Å². The normalized spacial score (nSPS) is 11.7. The molecule has 0 aromatic heterocycles. The van der Waals surface area contributed by atoms with Crippen molar-refractivity contribution in [3.63, 3.8) is 0 Å². The van der Waals surface area contributed by atoms with Gasteiger partial charge in [0.1, 0.15) is 5.82 Å². The van der Waals surface area contributed by atoms with E-state index in [0.717, 1.165) is 12.1 Å². The number of benzene rings is 2. The van der Waals surface area contributed by atoms with Gasteiger partial charge in [-0.05, 0) is 17.5 Å². The van der Waals surface area contributed by atoms with Crippen molar-refractivity contribution in [2.24, 2.45) is 0 Å². The van der Waals surface area contributed by atoms with Crippen LogP contribution in [-0.4, -0.2) is 11.1 Å². The number of carboxylic acid groups (broad SMARTS) is 1. The van der Waals surface area contributed by atoms with E-state index in [0.29, 0.717) is 0 Å². The van der Waals surface area contributed by atoms with Gasteiger partial charge in [0.25, 0.3) is 0 Å². The fraction of sp³-hybridized carbons (Fsp3) is 0.0833. The summed E-state index contributed by atoms with van der Waals surface area (Å²) in [7, 11) is 0. The topological polar surface area (TPSA) is 37.3 Å². The number of carboxylic acids is 1. The molecule has 0 unspecified atom stereocenters. The summed E-state index contributed by atoms with van der Waals surface area (Å²) in [5.41, 5.74) is -0.706. The van der Waals surface area contributed by atoms with Gasteiger partial charge >= 0.3 is 11.9 Å². The lowest BCUT2D eigenvalue weighted by Crippen LogP contribution is -2.25. The fourth-order valence-electron chi connectivity index (χ4n) is 1.65. The molecular weight excluding hydrogens is 233 g/mol. The van der Waals surface area contributed by atoms with Crippen LogP contribution in [0.25, 0.3) is 10.8 Å². The molecule has 0 amide bonds. The first-order valence-electron chi connectivity index (χ1n) is 4.73. The van der Waals surface area contributed by atoms with Gasteiger partial charge < -0.3 is 5.11 Å². The smallest absolute Gasteiger partial charge is 0.379 e. The van der Waals surface area contributed by atoms with Crippen molar-refractivity contribution in [3.05, 3.63) is 47.8 Å². The van der Waals surface area contributed by atoms with Crippen molar-refractivity contribution in [2.75, 3.05) is 0 Å². The highest BCUT2D eigenvalue weighted by Gasteiger charge is 2.42. The van der Waals surface area contributed by atoms with Crippen LogP contribution in [0, 0.1) is 5.82 Å². The Morgan fingerprint density at radius 1 is 1.06 bits per heavy atom. The van der Waals surface area contributed by atoms with E-state index in [2.05, 4.69) is 0 Å². The average molecular weight is 240 g/mol. The van der Waals surface area contributed by atoms with Gasteiger partial charge in [-0.15, -0.1) is 0 Å². The minimum atomic E-state index is -4.03. The van der Waals surface area contributed by atoms with Gasteiger partial charge in [-0.3, -0.25) is 0 Å². The summed E-state index contributed by atoms with van der Waals surface area (Å²) in [6, 6.07) is 7.17. The van der Waals surface area contributed by atoms with Crippen molar-refractivity contribution >= 4 is 16.7 Å². The summed E-state index contributed by atoms with van der Waals surface area (Å²) >= 11 is 0. The number of aliphatic carboxylic acids is 1. The van der Waals surface area contributed by atoms with Gasteiger partial charge in [0, 0.05) is 10.9 Å². The number of alkyl halides is 2. The third-order valence-corrected chi connectivity index (χ3v) is 2.48. The predicted molar refractivity (Wildman–Crippen MR) is 55.4 cm³/mol. The second kappa shape index (κ2) is 3.76. The molecule has 2 rings (SSSR count). The van der Waals surface area contributed by atoms with Crippen LogP contribution in [0.1, 0.15) is 5.56 Å². The highest BCUT2D eigenvalue weighted by Crippen LogP contribution is 2.34. The molecule has 0 radical (unpaired) electrons. The van der Waals surface area contributed by atoms with Gasteiger partial charge in [-0.2, -0.15) is 8.78 Å². The summed E-state index contributed by atoms with van der Waals surface area (Å²) in [6.45, 7) is 0. The van der Waals surface area contributed by atoms with Crippen LogP contribution in [0.4, 0.5) is 13.2 Å². The SMILES string of the molecule is O=C(O)C(F)(F)c1ccc(F)c2ccccc12. The molecule has 0 aliphatic heterocycles. The van der Waals surface area contributed by atoms with Crippen LogP contribution in [0.2, 0.25) is 0 Å². The van der Waals surface area contributed by atoms with Crippen LogP contribution in [-0.2, 0) is 10.7 Å². The van der Waals surface area contributed by atoms with Crippen LogP contribution in [0.5, 0.6) is 0 Å². The Labute approximate surface area is 94.3 Å². The average Bonchev–Trinajstić information content (AvgIpc) is 2.29. The van der Waals surface area contributed by atoms with Gasteiger partial charge in [0.15, 0.2) is 0 Å². The molecule has 1 N–H and O–H groups in total. The quantitative estimate of drug-likeness (QED) is 0.875. The van der Waals surface area contributed by atoms with Crippen molar-refractivity contribution in [1.82, 2.24) is 0 Å². The predicted octanol–water partition coefficient (Wildman–Crippen LogP) is 3.16. The van der Waals surface area contributed by atoms with E-state index in [-0.39, 0.29) is 10.8 Å². The molecule has 17 heavy (non-hydrogen) atoms. The molecule has 0 spiro atoms. The number of rotatable bonds is 2. The summed E-state index contributed by atoms with van der Waals surface area (Å²) in [5.74, 6) is -6.95. The summed E-state index contributed by atoms with van der Waals surface area (Å²) in [4.78, 5) is 10.5. The standard InChI is InChI=1S/C12H7F3O2/c13-10-6-5-9(12(14,15)11(16)17)7-3-1-2-4-8(7)10/h1-6H,(H,16,17).